The van der Waals surface area contributed by atoms with Crippen molar-refractivity contribution in [3.63, 3.8) is 0 Å². The molecule has 134 valence electrons. The molecule has 0 radical (unpaired) electrons. The van der Waals surface area contributed by atoms with Crippen LogP contribution in [0.15, 0.2) is 18.2 Å². The molecule has 1 aromatic carbocycles. The number of hydrogen-bond donors (Lipinski definition) is 1. The van der Waals surface area contributed by atoms with E-state index < -0.39 is 0 Å². The average molecular weight is 332 g/mol. The second kappa shape index (κ2) is 9.67. The number of unbranched alkanes of at least 4 members (excludes halogenated alkanes) is 2. The number of nitrogens with zero attached hydrogens (tertiary/aromatic N) is 1. The van der Waals surface area contributed by atoms with Crippen molar-refractivity contribution in [2.75, 3.05) is 33.3 Å². The van der Waals surface area contributed by atoms with E-state index in [4.69, 9.17) is 4.74 Å². The standard InChI is InChI=1S/C20H32N2O2/c1-4-6-11-22(12-7-5-2)13-10-16-15-21-20(23)18-9-8-17(24-3)14-19(16)18/h8-9,14,16H,4-7,10-13,15H2,1-3H3,(H,21,23). The fraction of sp³-hybridized carbons (Fsp3) is 0.650. The lowest BCUT2D eigenvalue weighted by molar-refractivity contribution is 0.0938. The molecule has 0 saturated carbocycles. The van der Waals surface area contributed by atoms with E-state index >= 15 is 0 Å². The number of rotatable bonds is 10. The van der Waals surface area contributed by atoms with Gasteiger partial charge >= 0.3 is 0 Å². The summed E-state index contributed by atoms with van der Waals surface area (Å²) in [6.07, 6.45) is 6.07. The number of carbonyl (C=O) groups is 1. The molecule has 1 aromatic rings. The predicted octanol–water partition coefficient (Wildman–Crippen LogP) is 3.81. The number of carbonyl (C=O) groups excluding carboxylic acids is 1. The molecule has 0 fully saturated rings. The molecule has 1 heterocycles. The molecule has 0 aliphatic carbocycles. The third-order valence-electron chi connectivity index (χ3n) is 4.90. The van der Waals surface area contributed by atoms with Gasteiger partial charge in [-0.1, -0.05) is 26.7 Å². The van der Waals surface area contributed by atoms with Crippen LogP contribution in [0, 0.1) is 0 Å². The Kier molecular flexibility index (Phi) is 7.57. The van der Waals surface area contributed by atoms with Crippen LogP contribution < -0.4 is 10.1 Å². The van der Waals surface area contributed by atoms with Crippen LogP contribution in [0.1, 0.15) is 67.8 Å². The van der Waals surface area contributed by atoms with Crippen LogP contribution in [-0.2, 0) is 0 Å². The quantitative estimate of drug-likeness (QED) is 0.708. The van der Waals surface area contributed by atoms with E-state index in [1.165, 1.54) is 38.8 Å². The largest absolute Gasteiger partial charge is 0.497 e. The van der Waals surface area contributed by atoms with Gasteiger partial charge in [-0.25, -0.2) is 0 Å². The van der Waals surface area contributed by atoms with Crippen LogP contribution in [0.2, 0.25) is 0 Å². The average Bonchev–Trinajstić information content (AvgIpc) is 2.62. The van der Waals surface area contributed by atoms with Crippen molar-refractivity contribution in [3.05, 3.63) is 29.3 Å². The van der Waals surface area contributed by atoms with Gasteiger partial charge in [-0.15, -0.1) is 0 Å². The number of hydrogen-bond acceptors (Lipinski definition) is 3. The van der Waals surface area contributed by atoms with Gasteiger partial charge in [0.05, 0.1) is 7.11 Å². The molecule has 0 saturated heterocycles. The minimum Gasteiger partial charge on any atom is -0.497 e. The second-order valence-electron chi connectivity index (χ2n) is 6.70. The number of nitrogens with one attached hydrogen (secondary N) is 1. The minimum absolute atomic E-state index is 0.0396. The van der Waals surface area contributed by atoms with Crippen molar-refractivity contribution >= 4 is 5.91 Å². The summed E-state index contributed by atoms with van der Waals surface area (Å²) in [5.41, 5.74) is 1.95. The zero-order valence-electron chi connectivity index (χ0n) is 15.4. The van der Waals surface area contributed by atoms with Crippen molar-refractivity contribution < 1.29 is 9.53 Å². The summed E-state index contributed by atoms with van der Waals surface area (Å²) in [7, 11) is 1.68. The molecule has 1 aliphatic rings. The number of methoxy groups -OCH3 is 1. The molecule has 0 bridgehead atoms. The predicted molar refractivity (Wildman–Crippen MR) is 98.9 cm³/mol. The van der Waals surface area contributed by atoms with E-state index in [0.717, 1.165) is 36.4 Å². The molecule has 0 aromatic heterocycles. The van der Waals surface area contributed by atoms with Gasteiger partial charge in [0.2, 0.25) is 0 Å². The number of ether oxygens (including phenoxy) is 1. The van der Waals surface area contributed by atoms with Gasteiger partial charge in [0.15, 0.2) is 0 Å². The zero-order valence-corrected chi connectivity index (χ0v) is 15.4. The summed E-state index contributed by atoms with van der Waals surface area (Å²) in [5, 5.41) is 3.04. The molecule has 1 aliphatic heterocycles. The van der Waals surface area contributed by atoms with E-state index in [9.17, 15) is 4.79 Å². The van der Waals surface area contributed by atoms with E-state index in [-0.39, 0.29) is 5.91 Å². The number of fused-ring (bicyclic) bond motifs is 1. The van der Waals surface area contributed by atoms with Gasteiger partial charge in [-0.3, -0.25) is 4.79 Å². The normalized spacial score (nSPS) is 16.8. The van der Waals surface area contributed by atoms with Gasteiger partial charge < -0.3 is 15.0 Å². The third kappa shape index (κ3) is 4.97. The fourth-order valence-corrected chi connectivity index (χ4v) is 3.33. The van der Waals surface area contributed by atoms with Crippen LogP contribution >= 0.6 is 0 Å². The van der Waals surface area contributed by atoms with Crippen LogP contribution in [0.25, 0.3) is 0 Å². The Morgan fingerprint density at radius 1 is 1.17 bits per heavy atom. The first-order valence-electron chi connectivity index (χ1n) is 9.38. The summed E-state index contributed by atoms with van der Waals surface area (Å²) in [5.74, 6) is 1.25. The Bertz CT molecular complexity index is 522. The summed E-state index contributed by atoms with van der Waals surface area (Å²) in [4.78, 5) is 14.7. The van der Waals surface area contributed by atoms with Crippen molar-refractivity contribution in [2.45, 2.75) is 51.9 Å². The third-order valence-corrected chi connectivity index (χ3v) is 4.90. The van der Waals surface area contributed by atoms with E-state index in [1.807, 2.05) is 18.2 Å². The summed E-state index contributed by atoms with van der Waals surface area (Å²) >= 11 is 0. The molecular formula is C20H32N2O2. The Balaban J connectivity index is 2.03. The molecule has 1 unspecified atom stereocenters. The van der Waals surface area contributed by atoms with Gasteiger partial charge in [0.25, 0.3) is 5.91 Å². The summed E-state index contributed by atoms with van der Waals surface area (Å²) in [6.45, 7) is 8.68. The van der Waals surface area contributed by atoms with Gasteiger partial charge in [0.1, 0.15) is 5.75 Å². The highest BCUT2D eigenvalue weighted by Crippen LogP contribution is 2.30. The molecule has 1 amide bonds. The van der Waals surface area contributed by atoms with Crippen molar-refractivity contribution in [1.29, 1.82) is 0 Å². The number of benzene rings is 1. The monoisotopic (exact) mass is 332 g/mol. The summed E-state index contributed by atoms with van der Waals surface area (Å²) in [6, 6.07) is 5.80. The maximum absolute atomic E-state index is 12.1. The van der Waals surface area contributed by atoms with Gasteiger partial charge in [-0.05, 0) is 62.7 Å². The van der Waals surface area contributed by atoms with Crippen LogP contribution in [0.3, 0.4) is 0 Å². The van der Waals surface area contributed by atoms with E-state index in [2.05, 4.69) is 24.1 Å². The molecule has 4 nitrogen and oxygen atoms in total. The van der Waals surface area contributed by atoms with Gasteiger partial charge in [0, 0.05) is 18.0 Å². The van der Waals surface area contributed by atoms with Crippen molar-refractivity contribution in [3.8, 4) is 5.75 Å². The zero-order chi connectivity index (χ0) is 17.4. The first-order chi connectivity index (χ1) is 11.7. The van der Waals surface area contributed by atoms with Gasteiger partial charge in [-0.2, -0.15) is 0 Å². The van der Waals surface area contributed by atoms with E-state index in [1.54, 1.807) is 7.11 Å². The SMILES string of the molecule is CCCCN(CCCC)CCC1CNC(=O)c2ccc(OC)cc21. The molecule has 24 heavy (non-hydrogen) atoms. The molecule has 1 N–H and O–H groups in total. The minimum atomic E-state index is 0.0396. The van der Waals surface area contributed by atoms with Crippen LogP contribution in [-0.4, -0.2) is 44.1 Å². The molecule has 4 heteroatoms. The number of amides is 1. The smallest absolute Gasteiger partial charge is 0.251 e. The molecule has 1 atom stereocenters. The highest BCUT2D eigenvalue weighted by Gasteiger charge is 2.26. The lowest BCUT2D eigenvalue weighted by Crippen LogP contribution is -2.37. The van der Waals surface area contributed by atoms with E-state index in [0.29, 0.717) is 5.92 Å². The highest BCUT2D eigenvalue weighted by molar-refractivity contribution is 5.97. The molecular weight excluding hydrogens is 300 g/mol. The molecule has 2 rings (SSSR count). The Labute approximate surface area is 146 Å². The fourth-order valence-electron chi connectivity index (χ4n) is 3.33. The highest BCUT2D eigenvalue weighted by atomic mass is 16.5. The lowest BCUT2D eigenvalue weighted by atomic mass is 9.87. The first-order valence-corrected chi connectivity index (χ1v) is 9.38. The summed E-state index contributed by atoms with van der Waals surface area (Å²) < 4.78 is 5.35. The maximum Gasteiger partial charge on any atom is 0.251 e. The lowest BCUT2D eigenvalue weighted by Gasteiger charge is -2.29. The van der Waals surface area contributed by atoms with Crippen LogP contribution in [0.4, 0.5) is 0 Å². The van der Waals surface area contributed by atoms with Crippen LogP contribution in [0.5, 0.6) is 5.75 Å². The molecule has 0 spiro atoms. The maximum atomic E-state index is 12.1. The Hall–Kier alpha value is -1.55. The topological polar surface area (TPSA) is 41.6 Å². The van der Waals surface area contributed by atoms with Crippen molar-refractivity contribution in [1.82, 2.24) is 10.2 Å². The second-order valence-corrected chi connectivity index (χ2v) is 6.70. The Morgan fingerprint density at radius 3 is 2.50 bits per heavy atom. The van der Waals surface area contributed by atoms with Crippen molar-refractivity contribution in [2.24, 2.45) is 0 Å². The first kappa shape index (κ1) is 18.8. The Morgan fingerprint density at radius 2 is 1.88 bits per heavy atom.